The number of benzene rings is 8. The fourth-order valence-corrected chi connectivity index (χ4v) is 11.5. The fraction of sp³-hybridized carbons (Fsp3) is 0.193. The van der Waals surface area contributed by atoms with Gasteiger partial charge in [-0.05, 0) is 134 Å². The zero-order valence-corrected chi connectivity index (χ0v) is 33.5. The molecule has 11 rings (SSSR count). The van der Waals surface area contributed by atoms with E-state index in [0.29, 0.717) is 11.8 Å². The maximum atomic E-state index is 2.55. The smallest absolute Gasteiger partial charge is 0.0714 e. The molecule has 0 amide bonds. The van der Waals surface area contributed by atoms with Gasteiger partial charge in [-0.3, -0.25) is 0 Å². The van der Waals surface area contributed by atoms with Crippen molar-refractivity contribution in [2.24, 2.45) is 11.8 Å². The third kappa shape index (κ3) is 5.43. The normalized spacial score (nSPS) is 18.7. The minimum atomic E-state index is -0.503. The second-order valence-electron chi connectivity index (χ2n) is 17.4. The second-order valence-corrected chi connectivity index (χ2v) is 17.4. The summed E-state index contributed by atoms with van der Waals surface area (Å²) < 4.78 is 0. The van der Waals surface area contributed by atoms with Gasteiger partial charge < -0.3 is 4.90 Å². The molecule has 0 spiro atoms. The first kappa shape index (κ1) is 35.0. The summed E-state index contributed by atoms with van der Waals surface area (Å²) in [5, 5.41) is 2.50. The van der Waals surface area contributed by atoms with Crippen LogP contribution in [0.1, 0.15) is 84.7 Å². The van der Waals surface area contributed by atoms with Gasteiger partial charge in [-0.25, -0.2) is 0 Å². The summed E-state index contributed by atoms with van der Waals surface area (Å²) in [5.74, 6) is 2.82. The molecule has 3 aliphatic carbocycles. The van der Waals surface area contributed by atoms with Crippen molar-refractivity contribution in [2.75, 3.05) is 4.90 Å². The summed E-state index contributed by atoms with van der Waals surface area (Å²) in [6, 6.07) is 71.1. The molecule has 3 atom stereocenters. The molecule has 2 bridgehead atoms. The molecule has 0 aliphatic heterocycles. The van der Waals surface area contributed by atoms with Gasteiger partial charge in [-0.15, -0.1) is 0 Å². The lowest BCUT2D eigenvalue weighted by molar-refractivity contribution is 0.420. The van der Waals surface area contributed by atoms with Gasteiger partial charge in [0, 0.05) is 16.9 Å². The Morgan fingerprint density at radius 3 is 1.88 bits per heavy atom. The lowest BCUT2D eigenvalue weighted by Crippen LogP contribution is -2.28. The highest BCUT2D eigenvalue weighted by molar-refractivity contribution is 6.05. The van der Waals surface area contributed by atoms with Crippen LogP contribution >= 0.6 is 0 Å². The molecule has 0 aromatic heterocycles. The molecule has 0 heterocycles. The number of hydrogen-bond acceptors (Lipinski definition) is 1. The lowest BCUT2D eigenvalue weighted by Gasteiger charge is -2.35. The van der Waals surface area contributed by atoms with Crippen LogP contribution in [0.3, 0.4) is 0 Å². The third-order valence-electron chi connectivity index (χ3n) is 14.0. The molecule has 0 saturated heterocycles. The van der Waals surface area contributed by atoms with Crippen molar-refractivity contribution in [1.29, 1.82) is 0 Å². The number of hydrogen-bond donors (Lipinski definition) is 0. The minimum absolute atomic E-state index is 0.376. The van der Waals surface area contributed by atoms with Crippen LogP contribution in [-0.4, -0.2) is 0 Å². The molecule has 1 nitrogen and oxygen atoms in total. The Morgan fingerprint density at radius 1 is 0.534 bits per heavy atom. The van der Waals surface area contributed by atoms with Crippen molar-refractivity contribution in [3.05, 3.63) is 221 Å². The molecule has 282 valence electrons. The van der Waals surface area contributed by atoms with Crippen molar-refractivity contribution in [3.8, 4) is 22.3 Å². The maximum absolute atomic E-state index is 2.55. The monoisotopic (exact) mass is 747 g/mol. The minimum Gasteiger partial charge on any atom is -0.310 e. The van der Waals surface area contributed by atoms with Gasteiger partial charge in [-0.2, -0.15) is 0 Å². The van der Waals surface area contributed by atoms with Gasteiger partial charge in [0.2, 0.25) is 0 Å². The van der Waals surface area contributed by atoms with Crippen LogP contribution in [0.25, 0.3) is 33.0 Å². The largest absolute Gasteiger partial charge is 0.310 e. The van der Waals surface area contributed by atoms with E-state index in [1.807, 2.05) is 0 Å². The topological polar surface area (TPSA) is 3.24 Å². The summed E-state index contributed by atoms with van der Waals surface area (Å²) >= 11 is 0. The molecular formula is C57H49N. The highest BCUT2D eigenvalue weighted by atomic mass is 15.1. The Morgan fingerprint density at radius 2 is 1.21 bits per heavy atom. The van der Waals surface area contributed by atoms with E-state index >= 15 is 0 Å². The zero-order chi connectivity index (χ0) is 38.8. The predicted molar refractivity (Wildman–Crippen MR) is 244 cm³/mol. The molecule has 3 unspecified atom stereocenters. The van der Waals surface area contributed by atoms with Crippen molar-refractivity contribution < 1.29 is 0 Å². The van der Waals surface area contributed by atoms with Gasteiger partial charge in [0.1, 0.15) is 0 Å². The molecule has 8 aromatic rings. The van der Waals surface area contributed by atoms with Crippen LogP contribution in [0, 0.1) is 11.8 Å². The van der Waals surface area contributed by atoms with E-state index in [9.17, 15) is 0 Å². The van der Waals surface area contributed by atoms with E-state index in [1.54, 1.807) is 0 Å². The van der Waals surface area contributed by atoms with E-state index < -0.39 is 5.41 Å². The lowest BCUT2D eigenvalue weighted by atomic mass is 9.67. The van der Waals surface area contributed by atoms with Crippen molar-refractivity contribution in [3.63, 3.8) is 0 Å². The van der Waals surface area contributed by atoms with E-state index in [4.69, 9.17) is 0 Å². The quantitative estimate of drug-likeness (QED) is 0.150. The molecule has 0 radical (unpaired) electrons. The summed E-state index contributed by atoms with van der Waals surface area (Å²) in [6.45, 7) is 4.67. The Balaban J connectivity index is 1.19. The van der Waals surface area contributed by atoms with Gasteiger partial charge in [-0.1, -0.05) is 178 Å². The van der Waals surface area contributed by atoms with Gasteiger partial charge in [0.05, 0.1) is 11.1 Å². The van der Waals surface area contributed by atoms with Crippen LogP contribution in [-0.2, 0) is 5.41 Å². The Bertz CT molecular complexity index is 2730. The fourth-order valence-electron chi connectivity index (χ4n) is 11.5. The molecular weight excluding hydrogens is 699 g/mol. The molecule has 2 fully saturated rings. The van der Waals surface area contributed by atoms with Crippen LogP contribution in [0.5, 0.6) is 0 Å². The molecule has 1 heteroatoms. The molecule has 58 heavy (non-hydrogen) atoms. The Kier molecular flexibility index (Phi) is 8.47. The summed E-state index contributed by atoms with van der Waals surface area (Å²) in [5.41, 5.74) is 16.4. The highest BCUT2D eigenvalue weighted by Crippen LogP contribution is 2.59. The van der Waals surface area contributed by atoms with Crippen molar-refractivity contribution >= 4 is 27.8 Å². The first-order valence-corrected chi connectivity index (χ1v) is 21.5. The number of fused-ring (bicyclic) bond motifs is 6. The third-order valence-corrected chi connectivity index (χ3v) is 14.0. The van der Waals surface area contributed by atoms with E-state index in [0.717, 1.165) is 17.5 Å². The summed E-state index contributed by atoms with van der Waals surface area (Å²) in [6.07, 6.45) is 5.57. The van der Waals surface area contributed by atoms with Gasteiger partial charge in [0.15, 0.2) is 0 Å². The number of anilines is 3. The van der Waals surface area contributed by atoms with Gasteiger partial charge >= 0.3 is 0 Å². The van der Waals surface area contributed by atoms with Crippen LogP contribution in [0.2, 0.25) is 0 Å². The molecule has 3 aliphatic rings. The second kappa shape index (κ2) is 14.0. The van der Waals surface area contributed by atoms with Crippen LogP contribution < -0.4 is 4.90 Å². The molecule has 0 N–H and O–H groups in total. The first-order valence-electron chi connectivity index (χ1n) is 21.5. The average molecular weight is 748 g/mol. The summed E-state index contributed by atoms with van der Waals surface area (Å²) in [4.78, 5) is 2.55. The van der Waals surface area contributed by atoms with Crippen molar-refractivity contribution in [1.82, 2.24) is 0 Å². The summed E-state index contributed by atoms with van der Waals surface area (Å²) in [7, 11) is 0. The SMILES string of the molecule is CC(C)c1cccc2c1-c1ccc(N(c3ccc(C4CC5CCC4C5)cc3)c3ccc4ccccc4c3-c3ccccc3)cc1C2(c1ccccc1)c1ccccc1. The zero-order valence-electron chi connectivity index (χ0n) is 33.5. The van der Waals surface area contributed by atoms with Gasteiger partial charge in [0.25, 0.3) is 0 Å². The highest BCUT2D eigenvalue weighted by Gasteiger charge is 2.47. The number of nitrogens with zero attached hydrogens (tertiary/aromatic N) is 1. The molecule has 8 aromatic carbocycles. The maximum Gasteiger partial charge on any atom is 0.0714 e. The average Bonchev–Trinajstić information content (AvgIpc) is 4.00. The first-order chi connectivity index (χ1) is 28.6. The Hall–Kier alpha value is -6.18. The van der Waals surface area contributed by atoms with E-state index in [2.05, 4.69) is 207 Å². The van der Waals surface area contributed by atoms with Crippen LogP contribution in [0.4, 0.5) is 17.1 Å². The van der Waals surface area contributed by atoms with Crippen LogP contribution in [0.15, 0.2) is 188 Å². The predicted octanol–water partition coefficient (Wildman–Crippen LogP) is 15.4. The van der Waals surface area contributed by atoms with Crippen molar-refractivity contribution in [2.45, 2.75) is 56.8 Å². The Labute approximate surface area is 343 Å². The van der Waals surface area contributed by atoms with E-state index in [1.165, 1.54) is 103 Å². The number of rotatable bonds is 8. The van der Waals surface area contributed by atoms with E-state index in [-0.39, 0.29) is 0 Å². The standard InChI is InChI=1S/C57H49N/c1-38(2)48-23-14-24-52-56(48)50-33-32-47(37-53(50)57(52,44-18-8-4-9-19-44)45-20-10-5-11-21-45)58(46-30-27-41(28-31-46)51-36-39-25-26-43(51)35-39)54-34-29-40-15-12-13-22-49(40)55(54)42-16-6-3-7-17-42/h3-24,27-34,37-39,43,51H,25-26,35-36H2,1-2H3. The molecule has 2 saturated carbocycles.